The van der Waals surface area contributed by atoms with Gasteiger partial charge in [0, 0.05) is 5.75 Å². The number of aromatic amines is 1. The highest BCUT2D eigenvalue weighted by Gasteiger charge is 2.56. The Morgan fingerprint density at radius 2 is 2.00 bits per heavy atom. The summed E-state index contributed by atoms with van der Waals surface area (Å²) in [6.45, 7) is 3.32. The Morgan fingerprint density at radius 1 is 1.29 bits per heavy atom. The first-order chi connectivity index (χ1) is 13.4. The van der Waals surface area contributed by atoms with Crippen LogP contribution in [0.15, 0.2) is 40.2 Å². The smallest absolute Gasteiger partial charge is 0.345 e. The van der Waals surface area contributed by atoms with E-state index in [1.807, 2.05) is 30.3 Å². The maximum absolute atomic E-state index is 12.5. The molecule has 0 bridgehead atoms. The monoisotopic (exact) mass is 423 g/mol. The van der Waals surface area contributed by atoms with Crippen molar-refractivity contribution in [2.45, 2.75) is 55.0 Å². The number of benzene rings is 1. The van der Waals surface area contributed by atoms with Gasteiger partial charge in [0.2, 0.25) is 0 Å². The normalized spacial score (nSPS) is 28.4. The van der Waals surface area contributed by atoms with Gasteiger partial charge >= 0.3 is 5.69 Å². The van der Waals surface area contributed by atoms with Crippen LogP contribution in [-0.4, -0.2) is 50.6 Å². The molecule has 0 spiro atoms. The fourth-order valence-electron chi connectivity index (χ4n) is 3.39. The summed E-state index contributed by atoms with van der Waals surface area (Å²) in [5, 5.41) is 14.6. The van der Waals surface area contributed by atoms with Gasteiger partial charge in [-0.2, -0.15) is 9.78 Å². The van der Waals surface area contributed by atoms with Crippen molar-refractivity contribution in [2.75, 3.05) is 6.61 Å². The number of fused-ring (bicyclic) bond motifs is 1. The number of aliphatic hydroxyl groups excluding tert-OH is 1. The molecular weight excluding hydrogens is 402 g/mol. The molecule has 2 aromatic rings. The van der Waals surface area contributed by atoms with Gasteiger partial charge in [0.1, 0.15) is 23.0 Å². The van der Waals surface area contributed by atoms with Gasteiger partial charge in [-0.05, 0) is 19.4 Å². The molecule has 28 heavy (non-hydrogen) atoms. The minimum atomic E-state index is -0.832. The highest BCUT2D eigenvalue weighted by atomic mass is 32.2. The van der Waals surface area contributed by atoms with Crippen molar-refractivity contribution in [3.63, 3.8) is 0 Å². The van der Waals surface area contributed by atoms with E-state index in [0.717, 1.165) is 5.56 Å². The summed E-state index contributed by atoms with van der Waals surface area (Å²) in [5.41, 5.74) is 0.623. The molecule has 3 heterocycles. The standard InChI is InChI=1S/C18H21N3O5S2/c1-18(2)25-12-11(8-22)24-16(13(12)26-18)21-17(23)19-14(27)15(20-21)28-9-10-6-4-3-5-7-10/h3-7,11-13,16,22H,8-9H2,1-2H3,(H,19,23,27)/t11-,12-,13-,16-/m1/s1. The fraction of sp³-hybridized carbons (Fsp3) is 0.500. The summed E-state index contributed by atoms with van der Waals surface area (Å²) in [6, 6.07) is 9.91. The van der Waals surface area contributed by atoms with Crippen LogP contribution in [0, 0.1) is 4.64 Å². The largest absolute Gasteiger partial charge is 0.394 e. The van der Waals surface area contributed by atoms with Crippen LogP contribution in [0.2, 0.25) is 0 Å². The molecule has 10 heteroatoms. The molecule has 2 aliphatic rings. The van der Waals surface area contributed by atoms with Crippen LogP contribution in [0.3, 0.4) is 0 Å². The van der Waals surface area contributed by atoms with Gasteiger partial charge in [0.05, 0.1) is 6.61 Å². The molecule has 150 valence electrons. The van der Waals surface area contributed by atoms with Crippen molar-refractivity contribution >= 4 is 24.0 Å². The van der Waals surface area contributed by atoms with E-state index >= 15 is 0 Å². The molecule has 4 rings (SSSR count). The summed E-state index contributed by atoms with van der Waals surface area (Å²) in [4.78, 5) is 15.2. The van der Waals surface area contributed by atoms with E-state index in [4.69, 9.17) is 26.4 Å². The average Bonchev–Trinajstić information content (AvgIpc) is 3.15. The lowest BCUT2D eigenvalue weighted by atomic mass is 10.1. The highest BCUT2D eigenvalue weighted by molar-refractivity contribution is 7.98. The Bertz CT molecular complexity index is 962. The maximum atomic E-state index is 12.5. The lowest BCUT2D eigenvalue weighted by Crippen LogP contribution is -2.37. The second-order valence-electron chi connectivity index (χ2n) is 7.10. The molecule has 4 atom stereocenters. The van der Waals surface area contributed by atoms with E-state index in [1.165, 1.54) is 16.4 Å². The lowest BCUT2D eigenvalue weighted by molar-refractivity contribution is -0.202. The second-order valence-corrected chi connectivity index (χ2v) is 8.47. The number of H-pyrrole nitrogens is 1. The van der Waals surface area contributed by atoms with Gasteiger partial charge in [-0.3, -0.25) is 4.98 Å². The number of aromatic nitrogens is 3. The minimum absolute atomic E-state index is 0.246. The van der Waals surface area contributed by atoms with E-state index in [1.54, 1.807) is 13.8 Å². The molecule has 0 aliphatic carbocycles. The van der Waals surface area contributed by atoms with Gasteiger partial charge in [-0.25, -0.2) is 4.79 Å². The van der Waals surface area contributed by atoms with Crippen molar-refractivity contribution in [1.29, 1.82) is 0 Å². The molecule has 0 amide bonds. The summed E-state index contributed by atoms with van der Waals surface area (Å²) >= 11 is 6.71. The Hall–Kier alpha value is -1.56. The van der Waals surface area contributed by atoms with E-state index in [2.05, 4.69) is 10.1 Å². The maximum Gasteiger partial charge on any atom is 0.345 e. The molecule has 0 radical (unpaired) electrons. The fourth-order valence-corrected chi connectivity index (χ4v) is 4.52. The van der Waals surface area contributed by atoms with Crippen molar-refractivity contribution in [3.8, 4) is 0 Å². The van der Waals surface area contributed by atoms with Gasteiger partial charge in [0.25, 0.3) is 0 Å². The first kappa shape index (κ1) is 19.7. The average molecular weight is 424 g/mol. The van der Waals surface area contributed by atoms with Crippen molar-refractivity contribution in [3.05, 3.63) is 51.0 Å². The second kappa shape index (κ2) is 7.69. The molecule has 2 fully saturated rings. The Kier molecular flexibility index (Phi) is 5.43. The van der Waals surface area contributed by atoms with E-state index < -0.39 is 36.0 Å². The van der Waals surface area contributed by atoms with E-state index in [9.17, 15) is 9.90 Å². The van der Waals surface area contributed by atoms with Crippen LogP contribution in [0.25, 0.3) is 0 Å². The van der Waals surface area contributed by atoms with Crippen LogP contribution in [0.4, 0.5) is 0 Å². The first-order valence-electron chi connectivity index (χ1n) is 8.90. The molecule has 8 nitrogen and oxygen atoms in total. The summed E-state index contributed by atoms with van der Waals surface area (Å²) in [6.07, 6.45) is -2.47. The van der Waals surface area contributed by atoms with Crippen molar-refractivity contribution < 1.29 is 19.3 Å². The van der Waals surface area contributed by atoms with Crippen molar-refractivity contribution in [1.82, 2.24) is 14.8 Å². The van der Waals surface area contributed by atoms with Crippen LogP contribution in [0.5, 0.6) is 0 Å². The molecule has 1 aromatic carbocycles. The topological polar surface area (TPSA) is 98.6 Å². The Balaban J connectivity index is 1.62. The number of nitrogens with zero attached hydrogens (tertiary/aromatic N) is 2. The highest BCUT2D eigenvalue weighted by Crippen LogP contribution is 2.42. The van der Waals surface area contributed by atoms with Crippen LogP contribution in [0.1, 0.15) is 25.6 Å². The Labute approximate surface area is 170 Å². The predicted molar refractivity (Wildman–Crippen MR) is 105 cm³/mol. The zero-order valence-corrected chi connectivity index (χ0v) is 17.0. The van der Waals surface area contributed by atoms with Gasteiger partial charge in [0.15, 0.2) is 17.0 Å². The zero-order valence-electron chi connectivity index (χ0n) is 15.4. The van der Waals surface area contributed by atoms with Gasteiger partial charge in [-0.15, -0.1) is 0 Å². The third-order valence-corrected chi connectivity index (χ3v) is 6.05. The zero-order chi connectivity index (χ0) is 19.9. The van der Waals surface area contributed by atoms with Crippen molar-refractivity contribution in [2.24, 2.45) is 0 Å². The number of nitrogens with one attached hydrogen (secondary N) is 1. The number of ether oxygens (including phenoxy) is 3. The molecule has 2 aliphatic heterocycles. The minimum Gasteiger partial charge on any atom is -0.394 e. The molecule has 0 saturated carbocycles. The predicted octanol–water partition coefficient (Wildman–Crippen LogP) is 2.00. The number of rotatable bonds is 5. The lowest BCUT2D eigenvalue weighted by Gasteiger charge is -2.23. The Morgan fingerprint density at radius 3 is 2.71 bits per heavy atom. The van der Waals surface area contributed by atoms with Crippen LogP contribution >= 0.6 is 24.0 Å². The number of hydrogen-bond acceptors (Lipinski definition) is 8. The molecule has 1 aromatic heterocycles. The molecular formula is C18H21N3O5S2. The SMILES string of the molecule is CC1(C)O[C@@H]2[C@H](O1)[C@@H](CO)O[C@H]2n1nc(SCc2ccccc2)c(=S)[nH]c1=O. The quantitative estimate of drug-likeness (QED) is 0.557. The third-order valence-electron chi connectivity index (χ3n) is 4.59. The number of aliphatic hydroxyl groups is 1. The van der Waals surface area contributed by atoms with Crippen LogP contribution in [-0.2, 0) is 20.0 Å². The molecule has 2 N–H and O–H groups in total. The van der Waals surface area contributed by atoms with Crippen LogP contribution < -0.4 is 5.69 Å². The third kappa shape index (κ3) is 3.80. The number of thioether (sulfide) groups is 1. The molecule has 0 unspecified atom stereocenters. The summed E-state index contributed by atoms with van der Waals surface area (Å²) in [7, 11) is 0. The van der Waals surface area contributed by atoms with Gasteiger partial charge in [-0.1, -0.05) is 54.3 Å². The molecule has 2 saturated heterocycles. The summed E-state index contributed by atoms with van der Waals surface area (Å²) < 4.78 is 19.1. The number of hydrogen-bond donors (Lipinski definition) is 2. The van der Waals surface area contributed by atoms with E-state index in [0.29, 0.717) is 10.8 Å². The van der Waals surface area contributed by atoms with E-state index in [-0.39, 0.29) is 11.2 Å². The summed E-state index contributed by atoms with van der Waals surface area (Å²) in [5.74, 6) is -0.173. The van der Waals surface area contributed by atoms with Gasteiger partial charge < -0.3 is 19.3 Å². The first-order valence-corrected chi connectivity index (χ1v) is 10.3.